The maximum Gasteiger partial charge on any atom is 0.00191 e. The predicted molar refractivity (Wildman–Crippen MR) is 595 cm³/mol. The monoisotopic (exact) mass is 1800 g/mol. The largest absolute Gasteiger partial charge is 0.0622 e. The van der Waals surface area contributed by atoms with Gasteiger partial charge in [-0.25, -0.2) is 0 Å². The molecule has 24 rings (SSSR count). The fraction of sp³-hybridized carbons (Fsp3) is 0. The molecule has 0 saturated carbocycles. The van der Waals surface area contributed by atoms with Crippen LogP contribution in [0.15, 0.2) is 546 Å². The quantitative estimate of drug-likeness (QED) is 0.0629. The maximum absolute atomic E-state index is 2.51. The molecule has 0 bridgehead atoms. The van der Waals surface area contributed by atoms with Gasteiger partial charge in [-0.1, -0.05) is 546 Å². The molecule has 0 aliphatic heterocycles. The van der Waals surface area contributed by atoms with Crippen molar-refractivity contribution in [3.05, 3.63) is 546 Å². The van der Waals surface area contributed by atoms with E-state index in [1.807, 2.05) is 0 Å². The summed E-state index contributed by atoms with van der Waals surface area (Å²) in [6.07, 6.45) is 0. The maximum atomic E-state index is 2.51. The van der Waals surface area contributed by atoms with Gasteiger partial charge in [0.15, 0.2) is 0 Å². The Morgan fingerprint density at radius 2 is 0.316 bits per heavy atom. The highest BCUT2D eigenvalue weighted by Crippen LogP contribution is 2.59. The highest BCUT2D eigenvalue weighted by molar-refractivity contribution is 7.82. The van der Waals surface area contributed by atoms with Gasteiger partial charge in [-0.05, 0) is 250 Å². The molecular formula is C132H90P4. The van der Waals surface area contributed by atoms with Gasteiger partial charge in [-0.2, -0.15) is 0 Å². The summed E-state index contributed by atoms with van der Waals surface area (Å²) in [7, 11) is -5.30. The molecule has 0 N–H and O–H groups in total. The standard InChI is InChI=1S/C132H90P4/c1-13-51-95(52-14-1)119-121(97-55-17-3-18-56-97)131(135(103-67-29-9-30-68-103)104-69-31-10-32-70-104)129(127-109-77-43-39-49-93(109)85-89-117(127)133(99-59-21-5-22-60-99)100-61-23-6-24-62-100)115-81-45-79-111(125(115)119)113-87-83-91-47-37-41-75-107(91)123(113)124-108-76-42-38-48-92(108)84-88-114(124)112-80-46-82-116-126(112)120(96-53-15-2-16-54-96)122(98-57-19-4-20-58-98)132(136(105-71-33-11-34-72-105)106-73-35-12-36-74-106)130(116)128-110-78-44-40-50-94(110)86-90-118(128)134(101-63-25-7-26-64-101)102-65-27-8-28-66-102/h1-90H. The highest BCUT2D eigenvalue weighted by atomic mass is 31.1. The van der Waals surface area contributed by atoms with Gasteiger partial charge in [0.25, 0.3) is 0 Å². The minimum atomic E-state index is -1.42. The van der Waals surface area contributed by atoms with Crippen molar-refractivity contribution >= 4 is 160 Å². The molecule has 0 atom stereocenters. The van der Waals surface area contributed by atoms with Crippen LogP contribution in [0.2, 0.25) is 0 Å². The Morgan fingerprint density at radius 1 is 0.110 bits per heavy atom. The smallest absolute Gasteiger partial charge is 0.00191 e. The first-order valence-corrected chi connectivity index (χ1v) is 52.2. The second-order valence-corrected chi connectivity index (χ2v) is 43.3. The first-order chi connectivity index (χ1) is 67.6. The summed E-state index contributed by atoms with van der Waals surface area (Å²) in [5.74, 6) is 0. The molecule has 0 aromatic heterocycles. The van der Waals surface area contributed by atoms with Crippen molar-refractivity contribution in [1.29, 1.82) is 0 Å². The molecule has 0 nitrogen and oxygen atoms in total. The van der Waals surface area contributed by atoms with Crippen LogP contribution in [0, 0.1) is 0 Å². The van der Waals surface area contributed by atoms with Crippen molar-refractivity contribution in [3.63, 3.8) is 0 Å². The third-order valence-corrected chi connectivity index (χ3v) is 36.9. The first-order valence-electron chi connectivity index (χ1n) is 46.8. The van der Waals surface area contributed by atoms with E-state index < -0.39 is 31.7 Å². The fourth-order valence-corrected chi connectivity index (χ4v) is 31.5. The van der Waals surface area contributed by atoms with Crippen molar-refractivity contribution in [2.75, 3.05) is 0 Å². The molecule has 0 heterocycles. The molecule has 0 unspecified atom stereocenters. The van der Waals surface area contributed by atoms with Crippen LogP contribution in [0.5, 0.6) is 0 Å². The molecule has 0 aliphatic carbocycles. The van der Waals surface area contributed by atoms with Crippen molar-refractivity contribution in [1.82, 2.24) is 0 Å². The third kappa shape index (κ3) is 15.2. The normalized spacial score (nSPS) is 11.6. The van der Waals surface area contributed by atoms with E-state index in [9.17, 15) is 0 Å². The molecular weight excluding hydrogens is 1710 g/mol. The summed E-state index contributed by atoms with van der Waals surface area (Å²) in [5, 5.41) is 29.5. The van der Waals surface area contributed by atoms with Crippen LogP contribution >= 0.6 is 31.7 Å². The Hall–Kier alpha value is -15.4. The molecule has 136 heavy (non-hydrogen) atoms. The molecule has 0 fully saturated rings. The average molecular weight is 1800 g/mol. The zero-order valence-corrected chi connectivity index (χ0v) is 78.3. The summed E-state index contributed by atoms with van der Waals surface area (Å²) in [6, 6.07) is 209. The lowest BCUT2D eigenvalue weighted by molar-refractivity contribution is 1.60. The van der Waals surface area contributed by atoms with Crippen LogP contribution in [-0.2, 0) is 0 Å². The molecule has 0 saturated heterocycles. The molecule has 24 aromatic carbocycles. The van der Waals surface area contributed by atoms with Gasteiger partial charge in [0.05, 0.1) is 0 Å². The number of fused-ring (bicyclic) bond motifs is 6. The van der Waals surface area contributed by atoms with Crippen molar-refractivity contribution in [2.24, 2.45) is 0 Å². The lowest BCUT2D eigenvalue weighted by Gasteiger charge is -2.33. The molecule has 4 heteroatoms. The van der Waals surface area contributed by atoms with Gasteiger partial charge in [-0.15, -0.1) is 0 Å². The third-order valence-electron chi connectivity index (χ3n) is 26.9. The van der Waals surface area contributed by atoms with Crippen LogP contribution < -0.4 is 63.7 Å². The summed E-state index contributed by atoms with van der Waals surface area (Å²) in [4.78, 5) is 0. The topological polar surface area (TPSA) is 0 Å². The SMILES string of the molecule is c1ccc(-c2c(P(c3ccccc3)c3ccccc3)c(-c3c(P(c4ccccc4)c4ccccc4)ccc4ccccc34)c3cccc(-c4ccc5ccccc5c4-c4c(-c5cccc6c(-c7c(P(c8ccccc8)c8ccccc8)ccc8ccccc78)c(P(c7ccccc7)c7ccccc7)c(-c7ccccc7)c(-c7ccccc7)c56)ccc5ccccc45)c3c2-c2ccccc2)cc1. The van der Waals surface area contributed by atoms with E-state index in [-0.39, 0.29) is 0 Å². The Labute approximate surface area is 799 Å². The van der Waals surface area contributed by atoms with Crippen LogP contribution in [0.3, 0.4) is 0 Å². The number of hydrogen-bond acceptors (Lipinski definition) is 0. The van der Waals surface area contributed by atoms with E-state index in [1.165, 1.54) is 151 Å². The Kier molecular flexibility index (Phi) is 22.9. The second kappa shape index (κ2) is 37.2. The predicted octanol–water partition coefficient (Wildman–Crippen LogP) is 30.6. The average Bonchev–Trinajstić information content (AvgIpc) is 0.698. The molecule has 0 aliphatic rings. The summed E-state index contributed by atoms with van der Waals surface area (Å²) in [5.41, 5.74) is 21.2. The Balaban J connectivity index is 0.901. The summed E-state index contributed by atoms with van der Waals surface area (Å²) in [6.45, 7) is 0. The molecule has 24 aromatic rings. The minimum Gasteiger partial charge on any atom is -0.0622 e. The fourth-order valence-electron chi connectivity index (χ4n) is 21.2. The van der Waals surface area contributed by atoms with Gasteiger partial charge in [-0.3, -0.25) is 0 Å². The van der Waals surface area contributed by atoms with Crippen LogP contribution in [0.4, 0.5) is 0 Å². The Morgan fingerprint density at radius 3 is 0.581 bits per heavy atom. The van der Waals surface area contributed by atoms with Gasteiger partial charge in [0.2, 0.25) is 0 Å². The zero-order valence-electron chi connectivity index (χ0n) is 74.8. The summed E-state index contributed by atoms with van der Waals surface area (Å²) < 4.78 is 0. The minimum absolute atomic E-state index is 1.13. The molecule has 638 valence electrons. The number of benzene rings is 24. The van der Waals surface area contributed by atoms with Gasteiger partial charge in [0, 0.05) is 10.6 Å². The second-order valence-electron chi connectivity index (χ2n) is 34.7. The van der Waals surface area contributed by atoms with Gasteiger partial charge in [0.1, 0.15) is 0 Å². The Bertz CT molecular complexity index is 7870. The first kappa shape index (κ1) is 83.6. The molecule has 0 radical (unpaired) electrons. The van der Waals surface area contributed by atoms with E-state index in [4.69, 9.17) is 0 Å². The van der Waals surface area contributed by atoms with E-state index in [0.29, 0.717) is 0 Å². The van der Waals surface area contributed by atoms with Crippen LogP contribution in [0.25, 0.3) is 165 Å². The van der Waals surface area contributed by atoms with Gasteiger partial charge < -0.3 is 0 Å². The molecule has 0 amide bonds. The van der Waals surface area contributed by atoms with E-state index >= 15 is 0 Å². The zero-order chi connectivity index (χ0) is 90.2. The lowest BCUT2D eigenvalue weighted by atomic mass is 9.77. The number of hydrogen-bond donors (Lipinski definition) is 0. The highest BCUT2D eigenvalue weighted by Gasteiger charge is 2.38. The van der Waals surface area contributed by atoms with Crippen molar-refractivity contribution in [2.45, 2.75) is 0 Å². The van der Waals surface area contributed by atoms with Crippen molar-refractivity contribution < 1.29 is 0 Å². The van der Waals surface area contributed by atoms with Gasteiger partial charge >= 0.3 is 0 Å². The van der Waals surface area contributed by atoms with E-state index in [2.05, 4.69) is 546 Å². The molecule has 0 spiro atoms. The van der Waals surface area contributed by atoms with Crippen molar-refractivity contribution in [3.8, 4) is 100 Å². The van der Waals surface area contributed by atoms with Crippen LogP contribution in [0.1, 0.15) is 0 Å². The lowest BCUT2D eigenvalue weighted by Crippen LogP contribution is -2.27. The van der Waals surface area contributed by atoms with Crippen LogP contribution in [-0.4, -0.2) is 0 Å². The van der Waals surface area contributed by atoms with E-state index in [0.717, 1.165) is 77.2 Å². The number of rotatable bonds is 21. The van der Waals surface area contributed by atoms with E-state index in [1.54, 1.807) is 0 Å². The summed E-state index contributed by atoms with van der Waals surface area (Å²) >= 11 is 0.